The summed E-state index contributed by atoms with van der Waals surface area (Å²) in [6, 6.07) is 4.42. The van der Waals surface area contributed by atoms with Gasteiger partial charge in [-0.05, 0) is 23.8 Å². The minimum Gasteiger partial charge on any atom is -0.478 e. The molecule has 0 aliphatic carbocycles. The molecule has 0 bridgehead atoms. The maximum absolute atomic E-state index is 10.8. The Hall–Kier alpha value is -1.50. The Kier molecular flexibility index (Phi) is 3.73. The van der Waals surface area contributed by atoms with E-state index >= 15 is 0 Å². The van der Waals surface area contributed by atoms with Crippen molar-refractivity contribution in [1.82, 2.24) is 0 Å². The number of aromatic carboxylic acids is 1. The maximum atomic E-state index is 10.8. The first-order chi connectivity index (χ1) is 7.06. The number of carboxylic acids is 1. The molecule has 0 unspecified atom stereocenters. The van der Waals surface area contributed by atoms with Crippen molar-refractivity contribution >= 4 is 35.2 Å². The van der Waals surface area contributed by atoms with Crippen LogP contribution < -0.4 is 0 Å². The van der Waals surface area contributed by atoms with Gasteiger partial charge in [0.05, 0.1) is 21.7 Å². The second kappa shape index (κ2) is 4.83. The summed E-state index contributed by atoms with van der Waals surface area (Å²) in [4.78, 5) is 10.8. The number of carboxylic acid groups (broad SMARTS) is 1. The summed E-state index contributed by atoms with van der Waals surface area (Å²) < 4.78 is 0. The quantitative estimate of drug-likeness (QED) is 0.809. The van der Waals surface area contributed by atoms with Crippen molar-refractivity contribution in [3.05, 3.63) is 39.4 Å². The highest BCUT2D eigenvalue weighted by atomic mass is 35.5. The van der Waals surface area contributed by atoms with E-state index in [1.807, 2.05) is 0 Å². The molecule has 0 radical (unpaired) electrons. The number of rotatable bonds is 2. The molecular weight excluding hydrogens is 237 g/mol. The Morgan fingerprint density at radius 1 is 1.40 bits per heavy atom. The van der Waals surface area contributed by atoms with Crippen LogP contribution >= 0.6 is 23.2 Å². The molecule has 1 rings (SSSR count). The third kappa shape index (κ3) is 2.72. The second-order valence-corrected chi connectivity index (χ2v) is 3.44. The zero-order valence-electron chi connectivity index (χ0n) is 7.37. The normalized spacial score (nSPS) is 10.2. The van der Waals surface area contributed by atoms with Gasteiger partial charge in [0.2, 0.25) is 0 Å². The summed E-state index contributed by atoms with van der Waals surface area (Å²) in [5.41, 5.74) is 0.356. The molecule has 0 saturated heterocycles. The van der Waals surface area contributed by atoms with Crippen molar-refractivity contribution < 1.29 is 9.90 Å². The van der Waals surface area contributed by atoms with Gasteiger partial charge in [-0.3, -0.25) is 0 Å². The fraction of sp³-hybridized carbons (Fsp3) is 0. The number of nitriles is 1. The van der Waals surface area contributed by atoms with Crippen molar-refractivity contribution in [1.29, 1.82) is 5.26 Å². The largest absolute Gasteiger partial charge is 0.478 e. The minimum absolute atomic E-state index is 0.0101. The number of hydrogen-bond donors (Lipinski definition) is 1. The van der Waals surface area contributed by atoms with Gasteiger partial charge in [-0.2, -0.15) is 5.26 Å². The Bertz CT molecular complexity index is 475. The summed E-state index contributed by atoms with van der Waals surface area (Å²) in [7, 11) is 0. The van der Waals surface area contributed by atoms with Crippen LogP contribution in [0.3, 0.4) is 0 Å². The van der Waals surface area contributed by atoms with E-state index in [1.54, 1.807) is 6.07 Å². The lowest BCUT2D eigenvalue weighted by molar-refractivity contribution is 0.0696. The van der Waals surface area contributed by atoms with Crippen molar-refractivity contribution in [2.45, 2.75) is 0 Å². The average molecular weight is 242 g/mol. The average Bonchev–Trinajstić information content (AvgIpc) is 2.19. The van der Waals surface area contributed by atoms with Crippen molar-refractivity contribution in [3.63, 3.8) is 0 Å². The lowest BCUT2D eigenvalue weighted by Gasteiger charge is -2.03. The van der Waals surface area contributed by atoms with Crippen LogP contribution in [0.15, 0.2) is 18.2 Å². The first kappa shape index (κ1) is 11.6. The summed E-state index contributed by atoms with van der Waals surface area (Å²) in [6.07, 6.45) is 2.54. The number of carbonyl (C=O) groups is 1. The van der Waals surface area contributed by atoms with Gasteiger partial charge in [0.15, 0.2) is 0 Å². The Balaban J connectivity index is 3.36. The fourth-order valence-electron chi connectivity index (χ4n) is 1.01. The predicted molar refractivity (Wildman–Crippen MR) is 58.1 cm³/mol. The predicted octanol–water partition coefficient (Wildman–Crippen LogP) is 3.23. The number of hydrogen-bond acceptors (Lipinski definition) is 2. The van der Waals surface area contributed by atoms with E-state index in [1.165, 1.54) is 24.3 Å². The van der Waals surface area contributed by atoms with Crippen LogP contribution in [0.2, 0.25) is 10.0 Å². The molecule has 1 aromatic rings. The van der Waals surface area contributed by atoms with Crippen molar-refractivity contribution in [2.24, 2.45) is 0 Å². The zero-order chi connectivity index (χ0) is 11.4. The standard InChI is InChI=1S/C10H5Cl2NO2/c11-8-4-6(2-1-3-13)7(10(14)15)5-9(8)12/h1-2,4-5H,(H,14,15)/b2-1+. The van der Waals surface area contributed by atoms with Crippen molar-refractivity contribution in [3.8, 4) is 6.07 Å². The van der Waals surface area contributed by atoms with E-state index in [2.05, 4.69) is 0 Å². The molecule has 0 atom stereocenters. The highest BCUT2D eigenvalue weighted by Crippen LogP contribution is 2.26. The van der Waals surface area contributed by atoms with E-state index in [9.17, 15) is 4.79 Å². The Labute approximate surface area is 96.2 Å². The molecule has 1 aromatic carbocycles. The molecule has 0 fully saturated rings. The second-order valence-electron chi connectivity index (χ2n) is 2.62. The zero-order valence-corrected chi connectivity index (χ0v) is 8.88. The van der Waals surface area contributed by atoms with Crippen LogP contribution in [-0.4, -0.2) is 11.1 Å². The summed E-state index contributed by atoms with van der Waals surface area (Å²) in [5.74, 6) is -1.12. The molecule has 0 spiro atoms. The Morgan fingerprint density at radius 3 is 2.53 bits per heavy atom. The molecule has 0 heterocycles. The molecule has 0 saturated carbocycles. The lowest BCUT2D eigenvalue weighted by atomic mass is 10.1. The molecule has 0 aromatic heterocycles. The van der Waals surface area contributed by atoms with Gasteiger partial charge in [0, 0.05) is 6.08 Å². The summed E-state index contributed by atoms with van der Waals surface area (Å²) in [6.45, 7) is 0. The molecule has 0 amide bonds. The topological polar surface area (TPSA) is 61.1 Å². The molecule has 0 aliphatic heterocycles. The summed E-state index contributed by atoms with van der Waals surface area (Å²) >= 11 is 11.4. The molecule has 76 valence electrons. The number of benzene rings is 1. The van der Waals surface area contributed by atoms with Crippen molar-refractivity contribution in [2.75, 3.05) is 0 Å². The van der Waals surface area contributed by atoms with Gasteiger partial charge in [0.25, 0.3) is 0 Å². The van der Waals surface area contributed by atoms with E-state index in [4.69, 9.17) is 33.6 Å². The monoisotopic (exact) mass is 241 g/mol. The van der Waals surface area contributed by atoms with Gasteiger partial charge < -0.3 is 5.11 Å². The van der Waals surface area contributed by atoms with Gasteiger partial charge in [-0.15, -0.1) is 0 Å². The molecule has 1 N–H and O–H groups in total. The first-order valence-electron chi connectivity index (χ1n) is 3.84. The van der Waals surface area contributed by atoms with Gasteiger partial charge in [-0.25, -0.2) is 4.79 Å². The first-order valence-corrected chi connectivity index (χ1v) is 4.60. The Morgan fingerprint density at radius 2 is 2.00 bits per heavy atom. The van der Waals surface area contributed by atoms with Crippen LogP contribution in [0, 0.1) is 11.3 Å². The molecule has 5 heteroatoms. The SMILES string of the molecule is N#C/C=C/c1cc(Cl)c(Cl)cc1C(=O)O. The number of allylic oxidation sites excluding steroid dienone is 1. The number of nitrogens with zero attached hydrogens (tertiary/aromatic N) is 1. The van der Waals surface area contributed by atoms with E-state index in [-0.39, 0.29) is 15.6 Å². The smallest absolute Gasteiger partial charge is 0.336 e. The highest BCUT2D eigenvalue weighted by molar-refractivity contribution is 6.42. The van der Waals surface area contributed by atoms with E-state index < -0.39 is 5.97 Å². The van der Waals surface area contributed by atoms with Gasteiger partial charge >= 0.3 is 5.97 Å². The van der Waals surface area contributed by atoms with Crippen LogP contribution in [0.5, 0.6) is 0 Å². The van der Waals surface area contributed by atoms with Crippen LogP contribution in [0.4, 0.5) is 0 Å². The minimum atomic E-state index is -1.12. The third-order valence-electron chi connectivity index (χ3n) is 1.66. The molecular formula is C10H5Cl2NO2. The van der Waals surface area contributed by atoms with E-state index in [0.29, 0.717) is 5.56 Å². The maximum Gasteiger partial charge on any atom is 0.336 e. The van der Waals surface area contributed by atoms with Gasteiger partial charge in [-0.1, -0.05) is 23.2 Å². The fourth-order valence-corrected chi connectivity index (χ4v) is 1.35. The molecule has 15 heavy (non-hydrogen) atoms. The van der Waals surface area contributed by atoms with Gasteiger partial charge in [0.1, 0.15) is 0 Å². The number of halogens is 2. The van der Waals surface area contributed by atoms with Crippen LogP contribution in [-0.2, 0) is 0 Å². The summed E-state index contributed by atoms with van der Waals surface area (Å²) in [5, 5.41) is 17.6. The third-order valence-corrected chi connectivity index (χ3v) is 2.38. The lowest BCUT2D eigenvalue weighted by Crippen LogP contribution is -1.99. The van der Waals surface area contributed by atoms with E-state index in [0.717, 1.165) is 0 Å². The highest BCUT2D eigenvalue weighted by Gasteiger charge is 2.11. The van der Waals surface area contributed by atoms with Crippen LogP contribution in [0.25, 0.3) is 6.08 Å². The van der Waals surface area contributed by atoms with Crippen LogP contribution in [0.1, 0.15) is 15.9 Å². The molecule has 3 nitrogen and oxygen atoms in total. The molecule has 0 aliphatic rings.